The summed E-state index contributed by atoms with van der Waals surface area (Å²) in [5.74, 6) is 0.722. The number of ether oxygens (including phenoxy) is 2. The zero-order chi connectivity index (χ0) is 29.8. The Bertz CT molecular complexity index is 1630. The van der Waals surface area contributed by atoms with Gasteiger partial charge in [-0.3, -0.25) is 4.57 Å². The van der Waals surface area contributed by atoms with Crippen LogP contribution in [0.3, 0.4) is 0 Å². The van der Waals surface area contributed by atoms with Gasteiger partial charge < -0.3 is 14.6 Å². The minimum Gasteiger partial charge on any atom is -0.497 e. The molecule has 1 heterocycles. The second kappa shape index (κ2) is 12.3. The minimum absolute atomic E-state index is 0.0179. The quantitative estimate of drug-likeness (QED) is 0.256. The molecule has 1 unspecified atom stereocenters. The number of para-hydroxylation sites is 1. The van der Waals surface area contributed by atoms with Crippen LogP contribution in [0.5, 0.6) is 5.75 Å². The predicted molar refractivity (Wildman–Crippen MR) is 160 cm³/mol. The van der Waals surface area contributed by atoms with E-state index in [-0.39, 0.29) is 18.0 Å². The summed E-state index contributed by atoms with van der Waals surface area (Å²) in [6, 6.07) is 21.1. The van der Waals surface area contributed by atoms with Crippen LogP contribution >= 0.6 is 0 Å². The van der Waals surface area contributed by atoms with Gasteiger partial charge in [0.1, 0.15) is 11.4 Å². The van der Waals surface area contributed by atoms with Crippen molar-refractivity contribution < 1.29 is 27.8 Å². The lowest BCUT2D eigenvalue weighted by molar-refractivity contribution is 0.0543. The molecule has 3 aromatic carbocycles. The van der Waals surface area contributed by atoms with Crippen LogP contribution in [0.2, 0.25) is 0 Å². The molecule has 4 rings (SSSR count). The summed E-state index contributed by atoms with van der Waals surface area (Å²) in [6.45, 7) is 7.00. The lowest BCUT2D eigenvalue weighted by Crippen LogP contribution is -2.35. The second-order valence-corrected chi connectivity index (χ2v) is 12.7. The molecule has 41 heavy (non-hydrogen) atoms. The number of benzene rings is 3. The number of carbonyl (C=O) groups is 1. The number of hydrogen-bond donors (Lipinski definition) is 1. The van der Waals surface area contributed by atoms with Gasteiger partial charge in [0.25, 0.3) is 0 Å². The van der Waals surface area contributed by atoms with E-state index < -0.39 is 27.8 Å². The Kier molecular flexibility index (Phi) is 9.01. The van der Waals surface area contributed by atoms with Crippen molar-refractivity contribution >= 4 is 33.1 Å². The summed E-state index contributed by atoms with van der Waals surface area (Å²) >= 11 is 0. The first-order valence-corrected chi connectivity index (χ1v) is 14.7. The molecule has 9 heteroatoms. The van der Waals surface area contributed by atoms with Crippen LogP contribution in [0, 0.1) is 6.92 Å². The molecular formula is C32H36N2O6S. The molecule has 216 valence electrons. The van der Waals surface area contributed by atoms with Crippen LogP contribution in [-0.2, 0) is 14.8 Å². The summed E-state index contributed by atoms with van der Waals surface area (Å²) in [5, 5.41) is 12.1. The number of rotatable bonds is 9. The maximum Gasteiger partial charge on any atom is 0.419 e. The third kappa shape index (κ3) is 7.24. The van der Waals surface area contributed by atoms with Gasteiger partial charge in [-0.25, -0.2) is 13.2 Å². The van der Waals surface area contributed by atoms with Gasteiger partial charge in [0, 0.05) is 30.2 Å². The third-order valence-corrected chi connectivity index (χ3v) is 8.31. The predicted octanol–water partition coefficient (Wildman–Crippen LogP) is 6.18. The number of carbonyl (C=O) groups excluding carboxylic acids is 1. The van der Waals surface area contributed by atoms with E-state index in [4.69, 9.17) is 9.47 Å². The molecule has 1 atom stereocenters. The molecule has 0 radical (unpaired) electrons. The first-order chi connectivity index (χ1) is 19.4. The number of methoxy groups -OCH3 is 1. The fourth-order valence-electron chi connectivity index (χ4n) is 4.38. The van der Waals surface area contributed by atoms with Crippen LogP contribution in [0.15, 0.2) is 90.0 Å². The first kappa shape index (κ1) is 30.0. The number of nitrogens with zero attached hydrogens (tertiary/aromatic N) is 2. The van der Waals surface area contributed by atoms with Crippen molar-refractivity contribution in [3.8, 4) is 5.75 Å². The minimum atomic E-state index is -3.97. The van der Waals surface area contributed by atoms with E-state index in [9.17, 15) is 18.3 Å². The van der Waals surface area contributed by atoms with Gasteiger partial charge in [-0.15, -0.1) is 0 Å². The van der Waals surface area contributed by atoms with E-state index in [1.165, 1.54) is 15.1 Å². The van der Waals surface area contributed by atoms with E-state index in [1.807, 2.05) is 37.3 Å². The summed E-state index contributed by atoms with van der Waals surface area (Å²) in [4.78, 5) is 13.1. The molecular weight excluding hydrogens is 540 g/mol. The lowest BCUT2D eigenvalue weighted by atomic mass is 10.1. The Morgan fingerprint density at radius 3 is 2.32 bits per heavy atom. The Morgan fingerprint density at radius 2 is 1.68 bits per heavy atom. The summed E-state index contributed by atoms with van der Waals surface area (Å²) in [7, 11) is -2.38. The Labute approximate surface area is 241 Å². The van der Waals surface area contributed by atoms with Crippen molar-refractivity contribution in [2.75, 3.05) is 20.2 Å². The summed E-state index contributed by atoms with van der Waals surface area (Å²) in [5.41, 5.74) is 2.08. The Morgan fingerprint density at radius 1 is 1.02 bits per heavy atom. The molecule has 0 aliphatic rings. The van der Waals surface area contributed by atoms with Gasteiger partial charge in [-0.1, -0.05) is 60.2 Å². The van der Waals surface area contributed by atoms with E-state index in [0.29, 0.717) is 16.5 Å². The fourth-order valence-corrected chi connectivity index (χ4v) is 5.77. The average molecular weight is 577 g/mol. The van der Waals surface area contributed by atoms with E-state index in [2.05, 4.69) is 0 Å². The number of aliphatic hydroxyl groups is 1. The van der Waals surface area contributed by atoms with Gasteiger partial charge in [-0.2, -0.15) is 4.31 Å². The lowest BCUT2D eigenvalue weighted by Gasteiger charge is -2.24. The number of fused-ring (bicyclic) bond motifs is 1. The Balaban J connectivity index is 1.67. The van der Waals surface area contributed by atoms with Crippen molar-refractivity contribution in [3.05, 3.63) is 102 Å². The summed E-state index contributed by atoms with van der Waals surface area (Å²) < 4.78 is 40.9. The van der Waals surface area contributed by atoms with Crippen molar-refractivity contribution in [2.45, 2.75) is 44.3 Å². The number of sulfonamides is 1. The fraction of sp³-hybridized carbons (Fsp3) is 0.281. The normalized spacial score (nSPS) is 13.1. The first-order valence-electron chi connectivity index (χ1n) is 13.3. The van der Waals surface area contributed by atoms with Crippen LogP contribution in [0.4, 0.5) is 4.79 Å². The van der Waals surface area contributed by atoms with Crippen LogP contribution in [0.25, 0.3) is 17.0 Å². The molecule has 0 aliphatic heterocycles. The third-order valence-electron chi connectivity index (χ3n) is 6.46. The molecule has 0 saturated carbocycles. The SMILES string of the molecule is COc1ccc(/C=C/CN(CC(O)c2cn(C(=O)OC(C)(C)C)c3ccccc23)S(=O)(=O)c2ccc(C)cc2)cc1. The van der Waals surface area contributed by atoms with Crippen LogP contribution in [-0.4, -0.2) is 54.3 Å². The van der Waals surface area contributed by atoms with E-state index in [0.717, 1.165) is 16.9 Å². The molecule has 0 amide bonds. The smallest absolute Gasteiger partial charge is 0.419 e. The molecule has 0 saturated heterocycles. The standard InChI is InChI=1S/C32H36N2O6S/c1-23-12-18-26(19-13-23)41(37,38)33(20-8-9-24-14-16-25(39-5)17-15-24)22-30(35)28-21-34(31(36)40-32(2,3)4)29-11-7-6-10-27(28)29/h6-19,21,30,35H,20,22H2,1-5H3/b9-8+. The monoisotopic (exact) mass is 576 g/mol. The molecule has 8 nitrogen and oxygen atoms in total. The van der Waals surface area contributed by atoms with Gasteiger partial charge >= 0.3 is 6.09 Å². The molecule has 0 bridgehead atoms. The topological polar surface area (TPSA) is 98.1 Å². The molecule has 0 spiro atoms. The van der Waals surface area contributed by atoms with Crippen molar-refractivity contribution in [1.82, 2.24) is 8.87 Å². The highest BCUT2D eigenvalue weighted by Gasteiger charge is 2.29. The van der Waals surface area contributed by atoms with Crippen molar-refractivity contribution in [2.24, 2.45) is 0 Å². The van der Waals surface area contributed by atoms with E-state index in [1.54, 1.807) is 82.5 Å². The van der Waals surface area contributed by atoms with Crippen molar-refractivity contribution in [3.63, 3.8) is 0 Å². The highest BCUT2D eigenvalue weighted by atomic mass is 32.2. The van der Waals surface area contributed by atoms with Gasteiger partial charge in [0.2, 0.25) is 10.0 Å². The second-order valence-electron chi connectivity index (χ2n) is 10.8. The maximum atomic E-state index is 13.8. The highest BCUT2D eigenvalue weighted by molar-refractivity contribution is 7.89. The number of hydrogen-bond acceptors (Lipinski definition) is 6. The van der Waals surface area contributed by atoms with Crippen LogP contribution < -0.4 is 4.74 Å². The zero-order valence-corrected chi connectivity index (χ0v) is 24.8. The highest BCUT2D eigenvalue weighted by Crippen LogP contribution is 2.29. The molecule has 0 fully saturated rings. The van der Waals surface area contributed by atoms with E-state index >= 15 is 0 Å². The maximum absolute atomic E-state index is 13.8. The summed E-state index contributed by atoms with van der Waals surface area (Å²) in [6.07, 6.45) is 3.27. The molecule has 1 N–H and O–H groups in total. The number of aromatic nitrogens is 1. The Hall–Kier alpha value is -3.92. The van der Waals surface area contributed by atoms with Crippen molar-refractivity contribution in [1.29, 1.82) is 0 Å². The average Bonchev–Trinajstić information content (AvgIpc) is 3.32. The van der Waals surface area contributed by atoms with Crippen LogP contribution in [0.1, 0.15) is 43.6 Å². The van der Waals surface area contributed by atoms with Gasteiger partial charge in [0.15, 0.2) is 0 Å². The molecule has 0 aliphatic carbocycles. The van der Waals surface area contributed by atoms with Gasteiger partial charge in [-0.05, 0) is 63.6 Å². The largest absolute Gasteiger partial charge is 0.497 e. The molecule has 4 aromatic rings. The number of aliphatic hydroxyl groups excluding tert-OH is 1. The zero-order valence-electron chi connectivity index (χ0n) is 23.9. The van der Waals surface area contributed by atoms with Gasteiger partial charge in [0.05, 0.1) is 23.6 Å². The molecule has 1 aromatic heterocycles. The number of aryl methyl sites for hydroxylation is 1.